The minimum Gasteiger partial charge on any atom is -0.493 e. The molecule has 17 heavy (non-hydrogen) atoms. The van der Waals surface area contributed by atoms with Crippen molar-refractivity contribution in [2.75, 3.05) is 26.6 Å². The first-order valence-electron chi connectivity index (χ1n) is 5.89. The van der Waals surface area contributed by atoms with Gasteiger partial charge in [-0.05, 0) is 12.3 Å². The number of hydrogen-bond acceptors (Lipinski definition) is 4. The van der Waals surface area contributed by atoms with Crippen LogP contribution in [0.25, 0.3) is 0 Å². The smallest absolute Gasteiger partial charge is 0.164 e. The monoisotopic (exact) mass is 237 g/mol. The van der Waals surface area contributed by atoms with E-state index in [0.717, 1.165) is 12.3 Å². The number of benzene rings is 1. The summed E-state index contributed by atoms with van der Waals surface area (Å²) in [6, 6.07) is 3.51. The Morgan fingerprint density at radius 1 is 1.12 bits per heavy atom. The topological polar surface area (TPSA) is 53.7 Å². The molecule has 0 amide bonds. The van der Waals surface area contributed by atoms with Crippen LogP contribution >= 0.6 is 0 Å². The Bertz CT molecular complexity index is 388. The van der Waals surface area contributed by atoms with Crippen LogP contribution in [0.4, 0.5) is 5.69 Å². The Kier molecular flexibility index (Phi) is 3.61. The number of rotatable bonds is 6. The zero-order valence-electron chi connectivity index (χ0n) is 10.4. The summed E-state index contributed by atoms with van der Waals surface area (Å²) in [5, 5.41) is 0. The largest absolute Gasteiger partial charge is 0.493 e. The molecule has 0 atom stereocenters. The summed E-state index contributed by atoms with van der Waals surface area (Å²) in [7, 11) is 3.19. The molecule has 1 aliphatic rings. The molecule has 0 aliphatic heterocycles. The van der Waals surface area contributed by atoms with Gasteiger partial charge in [0, 0.05) is 12.1 Å². The Labute approximate surface area is 102 Å². The maximum Gasteiger partial charge on any atom is 0.164 e. The first-order valence-corrected chi connectivity index (χ1v) is 5.89. The second-order valence-corrected chi connectivity index (χ2v) is 4.33. The van der Waals surface area contributed by atoms with Gasteiger partial charge in [-0.15, -0.1) is 0 Å². The Morgan fingerprint density at radius 3 is 2.35 bits per heavy atom. The third kappa shape index (κ3) is 2.96. The maximum atomic E-state index is 5.89. The van der Waals surface area contributed by atoms with E-state index in [4.69, 9.17) is 19.9 Å². The van der Waals surface area contributed by atoms with Crippen LogP contribution in [0.2, 0.25) is 0 Å². The van der Waals surface area contributed by atoms with Crippen LogP contribution in [0, 0.1) is 5.92 Å². The van der Waals surface area contributed by atoms with Gasteiger partial charge in [0.2, 0.25) is 0 Å². The van der Waals surface area contributed by atoms with Crippen LogP contribution < -0.4 is 19.9 Å². The van der Waals surface area contributed by atoms with Crippen LogP contribution in [0.5, 0.6) is 17.2 Å². The average molecular weight is 237 g/mol. The lowest BCUT2D eigenvalue weighted by Crippen LogP contribution is -2.02. The van der Waals surface area contributed by atoms with Crippen molar-refractivity contribution in [3.8, 4) is 17.2 Å². The fourth-order valence-corrected chi connectivity index (χ4v) is 1.74. The molecule has 0 heterocycles. The fourth-order valence-electron chi connectivity index (χ4n) is 1.74. The second-order valence-electron chi connectivity index (χ2n) is 4.33. The van der Waals surface area contributed by atoms with Crippen molar-refractivity contribution in [3.63, 3.8) is 0 Å². The van der Waals surface area contributed by atoms with E-state index in [1.807, 2.05) is 0 Å². The van der Waals surface area contributed by atoms with E-state index in [1.54, 1.807) is 26.4 Å². The molecule has 1 saturated carbocycles. The minimum atomic E-state index is 0.582. The summed E-state index contributed by atoms with van der Waals surface area (Å²) in [6.07, 6.45) is 3.78. The van der Waals surface area contributed by atoms with Gasteiger partial charge in [0.05, 0.1) is 26.5 Å². The number of nitrogens with two attached hydrogens (primary N) is 1. The third-order valence-corrected chi connectivity index (χ3v) is 3.00. The van der Waals surface area contributed by atoms with Crippen molar-refractivity contribution in [1.29, 1.82) is 0 Å². The number of nitrogen functional groups attached to an aromatic ring is 1. The Hall–Kier alpha value is -1.58. The van der Waals surface area contributed by atoms with E-state index in [-0.39, 0.29) is 0 Å². The zero-order valence-corrected chi connectivity index (χ0v) is 10.4. The van der Waals surface area contributed by atoms with E-state index < -0.39 is 0 Å². The van der Waals surface area contributed by atoms with Crippen molar-refractivity contribution in [2.45, 2.75) is 19.3 Å². The Morgan fingerprint density at radius 2 is 1.76 bits per heavy atom. The van der Waals surface area contributed by atoms with Gasteiger partial charge in [0.15, 0.2) is 11.5 Å². The molecule has 94 valence electrons. The van der Waals surface area contributed by atoms with E-state index >= 15 is 0 Å². The second kappa shape index (κ2) is 5.17. The van der Waals surface area contributed by atoms with Crippen LogP contribution in [0.1, 0.15) is 19.3 Å². The molecule has 0 aromatic heterocycles. The Balaban J connectivity index is 2.03. The van der Waals surface area contributed by atoms with Gasteiger partial charge in [0.25, 0.3) is 0 Å². The van der Waals surface area contributed by atoms with Gasteiger partial charge >= 0.3 is 0 Å². The normalized spacial score (nSPS) is 14.5. The third-order valence-electron chi connectivity index (χ3n) is 3.00. The quantitative estimate of drug-likeness (QED) is 0.772. The molecule has 0 spiro atoms. The molecule has 1 aromatic rings. The molecule has 4 heteroatoms. The highest BCUT2D eigenvalue weighted by atomic mass is 16.5. The summed E-state index contributed by atoms with van der Waals surface area (Å²) in [6.45, 7) is 0.713. The van der Waals surface area contributed by atoms with Crippen molar-refractivity contribution in [2.24, 2.45) is 5.92 Å². The predicted octanol–water partition coefficient (Wildman–Crippen LogP) is 2.46. The van der Waals surface area contributed by atoms with E-state index in [0.29, 0.717) is 29.5 Å². The van der Waals surface area contributed by atoms with E-state index in [1.165, 1.54) is 12.8 Å². The lowest BCUT2D eigenvalue weighted by molar-refractivity contribution is 0.299. The van der Waals surface area contributed by atoms with E-state index in [2.05, 4.69) is 0 Å². The number of anilines is 1. The highest BCUT2D eigenvalue weighted by molar-refractivity contribution is 5.61. The fraction of sp³-hybridized carbons (Fsp3) is 0.538. The average Bonchev–Trinajstić information content (AvgIpc) is 3.14. The molecule has 1 aliphatic carbocycles. The molecule has 0 unspecified atom stereocenters. The minimum absolute atomic E-state index is 0.582. The molecule has 2 N–H and O–H groups in total. The van der Waals surface area contributed by atoms with E-state index in [9.17, 15) is 0 Å². The van der Waals surface area contributed by atoms with Crippen molar-refractivity contribution in [1.82, 2.24) is 0 Å². The van der Waals surface area contributed by atoms with Gasteiger partial charge in [-0.1, -0.05) is 12.8 Å². The zero-order chi connectivity index (χ0) is 12.3. The van der Waals surface area contributed by atoms with Gasteiger partial charge in [0.1, 0.15) is 5.75 Å². The van der Waals surface area contributed by atoms with Crippen LogP contribution in [0.15, 0.2) is 12.1 Å². The first kappa shape index (κ1) is 11.9. The summed E-state index contributed by atoms with van der Waals surface area (Å²) >= 11 is 0. The summed E-state index contributed by atoms with van der Waals surface area (Å²) in [5.74, 6) is 2.79. The molecular formula is C13H19NO3. The lowest BCUT2D eigenvalue weighted by Gasteiger charge is -2.13. The molecule has 2 rings (SSSR count). The molecular weight excluding hydrogens is 218 g/mol. The van der Waals surface area contributed by atoms with Crippen LogP contribution in [0.3, 0.4) is 0 Å². The summed E-state index contributed by atoms with van der Waals surface area (Å²) in [5.41, 5.74) is 6.47. The van der Waals surface area contributed by atoms with Crippen molar-refractivity contribution >= 4 is 5.69 Å². The highest BCUT2D eigenvalue weighted by Gasteiger charge is 2.21. The molecule has 0 saturated heterocycles. The van der Waals surface area contributed by atoms with Crippen LogP contribution in [-0.2, 0) is 0 Å². The van der Waals surface area contributed by atoms with Gasteiger partial charge in [-0.2, -0.15) is 0 Å². The summed E-state index contributed by atoms with van der Waals surface area (Å²) < 4.78 is 16.0. The molecule has 1 aromatic carbocycles. The lowest BCUT2D eigenvalue weighted by atomic mass is 10.2. The first-order chi connectivity index (χ1) is 8.24. The van der Waals surface area contributed by atoms with Gasteiger partial charge in [-0.25, -0.2) is 0 Å². The van der Waals surface area contributed by atoms with Gasteiger partial charge in [-0.3, -0.25) is 0 Å². The molecule has 0 bridgehead atoms. The summed E-state index contributed by atoms with van der Waals surface area (Å²) in [4.78, 5) is 0. The predicted molar refractivity (Wildman–Crippen MR) is 66.8 cm³/mol. The highest BCUT2D eigenvalue weighted by Crippen LogP contribution is 2.37. The standard InChI is InChI=1S/C13H19NO3/c1-15-12-7-10(14)11(8-13(12)16-2)17-6-5-9-3-4-9/h7-9H,3-6,14H2,1-2H3. The van der Waals surface area contributed by atoms with Crippen LogP contribution in [-0.4, -0.2) is 20.8 Å². The number of ether oxygens (including phenoxy) is 3. The number of hydrogen-bond donors (Lipinski definition) is 1. The maximum absolute atomic E-state index is 5.89. The molecule has 0 radical (unpaired) electrons. The number of methoxy groups -OCH3 is 2. The van der Waals surface area contributed by atoms with Gasteiger partial charge < -0.3 is 19.9 Å². The van der Waals surface area contributed by atoms with Crippen molar-refractivity contribution in [3.05, 3.63) is 12.1 Å². The SMILES string of the molecule is COc1cc(N)c(OCCC2CC2)cc1OC. The molecule has 4 nitrogen and oxygen atoms in total. The van der Waals surface area contributed by atoms with Crippen molar-refractivity contribution < 1.29 is 14.2 Å². The molecule has 1 fully saturated rings.